The average Bonchev–Trinajstić information content (AvgIpc) is 3.77. The Hall–Kier alpha value is -3.50. The molecule has 0 fully saturated rings. The van der Waals surface area contributed by atoms with Crippen molar-refractivity contribution in [1.82, 2.24) is 0 Å². The Balaban J connectivity index is 1.60. The second-order valence-corrected chi connectivity index (χ2v) is 17.5. The molecule has 0 saturated heterocycles. The largest absolute Gasteiger partial charge is 0.143 e. The smallest absolute Gasteiger partial charge is 0.0449 e. The third kappa shape index (κ3) is 5.50. The number of aryl methyl sites for hydroxylation is 2. The monoisotopic (exact) mass is 640 g/mol. The molecule has 7 rings (SSSR count). The second-order valence-electron chi connectivity index (χ2n) is 14.3. The minimum Gasteiger partial charge on any atom is -0.143 e. The molecule has 0 aliphatic rings. The highest BCUT2D eigenvalue weighted by molar-refractivity contribution is 7.27. The minimum absolute atomic E-state index is 0.0147. The predicted octanol–water partition coefficient (Wildman–Crippen LogP) is 14.1. The number of benzene rings is 3. The summed E-state index contributed by atoms with van der Waals surface area (Å²) in [6.45, 7) is 18.6. The molecule has 4 bridgehead atoms. The third-order valence-corrected chi connectivity index (χ3v) is 12.6. The summed E-state index contributed by atoms with van der Waals surface area (Å²) in [5.41, 5.74) is 6.77. The summed E-state index contributed by atoms with van der Waals surface area (Å²) in [7, 11) is 0. The van der Waals surface area contributed by atoms with Crippen LogP contribution in [0.1, 0.15) is 63.8 Å². The van der Waals surface area contributed by atoms with Crippen LogP contribution < -0.4 is 0 Å². The van der Waals surface area contributed by atoms with Gasteiger partial charge in [-0.15, -0.1) is 34.0 Å². The summed E-state index contributed by atoms with van der Waals surface area (Å²) in [5, 5.41) is 10.1. The first-order valence-electron chi connectivity index (χ1n) is 15.7. The summed E-state index contributed by atoms with van der Waals surface area (Å²) in [6, 6.07) is 34.9. The van der Waals surface area contributed by atoms with Gasteiger partial charge >= 0.3 is 0 Å². The maximum Gasteiger partial charge on any atom is 0.0449 e. The Morgan fingerprint density at radius 2 is 0.956 bits per heavy atom. The lowest BCUT2D eigenvalue weighted by Gasteiger charge is -2.23. The van der Waals surface area contributed by atoms with Gasteiger partial charge in [-0.3, -0.25) is 0 Å². The van der Waals surface area contributed by atoms with Gasteiger partial charge in [0.05, 0.1) is 0 Å². The molecule has 0 aliphatic heterocycles. The Bertz CT molecular complexity index is 2240. The van der Waals surface area contributed by atoms with E-state index in [1.807, 2.05) is 34.0 Å². The molecule has 7 aromatic rings. The van der Waals surface area contributed by atoms with Crippen LogP contribution in [0.2, 0.25) is 0 Å². The fourth-order valence-electron chi connectivity index (χ4n) is 6.33. The Labute approximate surface area is 279 Å². The molecule has 3 heterocycles. The number of hydrogen-bond acceptors (Lipinski definition) is 3. The number of rotatable bonds is 3. The van der Waals surface area contributed by atoms with Gasteiger partial charge in [0.2, 0.25) is 0 Å². The van der Waals surface area contributed by atoms with Crippen molar-refractivity contribution in [2.45, 2.75) is 66.2 Å². The van der Waals surface area contributed by atoms with Gasteiger partial charge in [0, 0.05) is 24.4 Å². The van der Waals surface area contributed by atoms with Gasteiger partial charge in [-0.05, 0) is 127 Å². The summed E-state index contributed by atoms with van der Waals surface area (Å²) in [5.74, 6) is 0. The van der Waals surface area contributed by atoms with E-state index in [4.69, 9.17) is 0 Å². The molecule has 0 aliphatic carbocycles. The van der Waals surface area contributed by atoms with E-state index >= 15 is 0 Å². The van der Waals surface area contributed by atoms with Crippen molar-refractivity contribution < 1.29 is 0 Å². The number of hydrogen-bond donors (Lipinski definition) is 0. The van der Waals surface area contributed by atoms with Crippen LogP contribution in [0.4, 0.5) is 0 Å². The lowest BCUT2D eigenvalue weighted by atomic mass is 9.82. The molecule has 3 heteroatoms. The van der Waals surface area contributed by atoms with Crippen LogP contribution in [-0.4, -0.2) is 0 Å². The van der Waals surface area contributed by atoms with Gasteiger partial charge in [0.15, 0.2) is 0 Å². The molecule has 0 radical (unpaired) electrons. The lowest BCUT2D eigenvalue weighted by Crippen LogP contribution is -2.11. The first-order valence-corrected chi connectivity index (χ1v) is 18.3. The predicted molar refractivity (Wildman–Crippen MR) is 205 cm³/mol. The first-order chi connectivity index (χ1) is 21.4. The van der Waals surface area contributed by atoms with E-state index in [2.05, 4.69) is 152 Å². The Morgan fingerprint density at radius 1 is 0.444 bits per heavy atom. The summed E-state index contributed by atoms with van der Waals surface area (Å²) >= 11 is 5.62. The lowest BCUT2D eigenvalue weighted by molar-refractivity contribution is 0.591. The van der Waals surface area contributed by atoms with Gasteiger partial charge in [-0.2, -0.15) is 0 Å². The molecule has 0 amide bonds. The highest BCUT2D eigenvalue weighted by Crippen LogP contribution is 2.44. The Kier molecular flexibility index (Phi) is 7.43. The maximum atomic E-state index is 2.49. The van der Waals surface area contributed by atoms with Crippen molar-refractivity contribution >= 4 is 66.3 Å². The van der Waals surface area contributed by atoms with Crippen LogP contribution in [0.3, 0.4) is 0 Å². The van der Waals surface area contributed by atoms with Crippen molar-refractivity contribution in [3.8, 4) is 29.9 Å². The van der Waals surface area contributed by atoms with Crippen molar-refractivity contribution in [3.63, 3.8) is 0 Å². The zero-order valence-electron chi connectivity index (χ0n) is 27.5. The molecule has 0 saturated carbocycles. The molecule has 0 atom stereocenters. The van der Waals surface area contributed by atoms with E-state index < -0.39 is 0 Å². The highest BCUT2D eigenvalue weighted by atomic mass is 32.1. The van der Waals surface area contributed by atoms with Crippen LogP contribution in [0, 0.1) is 13.8 Å². The quantitative estimate of drug-likeness (QED) is 0.180. The van der Waals surface area contributed by atoms with Gasteiger partial charge in [0.25, 0.3) is 0 Å². The molecule has 0 N–H and O–H groups in total. The van der Waals surface area contributed by atoms with Crippen LogP contribution in [0.25, 0.3) is 62.3 Å². The SMILES string of the molecule is Cc1c2cc(C(C)(C)C)cc1c1ccccc1c1cc(C(C)(C)C)cc(c(-c3ccc(-c4ccc(-c5cccs5)s4)s3)c2)c1C. The molecule has 3 aromatic heterocycles. The van der Waals surface area contributed by atoms with Gasteiger partial charge in [0.1, 0.15) is 0 Å². The summed E-state index contributed by atoms with van der Waals surface area (Å²) in [4.78, 5) is 6.65. The summed E-state index contributed by atoms with van der Waals surface area (Å²) in [6.07, 6.45) is 0. The van der Waals surface area contributed by atoms with E-state index in [0.29, 0.717) is 0 Å². The zero-order valence-corrected chi connectivity index (χ0v) is 29.9. The molecule has 0 nitrogen and oxygen atoms in total. The van der Waals surface area contributed by atoms with Crippen LogP contribution in [-0.2, 0) is 10.8 Å². The fraction of sp³-hybridized carbons (Fsp3) is 0.238. The van der Waals surface area contributed by atoms with Crippen molar-refractivity contribution in [3.05, 3.63) is 119 Å². The topological polar surface area (TPSA) is 0 Å². The van der Waals surface area contributed by atoms with Crippen LogP contribution in [0.5, 0.6) is 0 Å². The molecular weight excluding hydrogens is 601 g/mol. The second kappa shape index (κ2) is 11.1. The van der Waals surface area contributed by atoms with E-state index in [-0.39, 0.29) is 10.8 Å². The first kappa shape index (κ1) is 30.2. The molecule has 0 unspecified atom stereocenters. The zero-order chi connectivity index (χ0) is 31.7. The van der Waals surface area contributed by atoms with E-state index in [0.717, 1.165) is 0 Å². The molecule has 45 heavy (non-hydrogen) atoms. The fourth-order valence-corrected chi connectivity index (χ4v) is 9.30. The van der Waals surface area contributed by atoms with E-state index in [9.17, 15) is 0 Å². The average molecular weight is 641 g/mol. The van der Waals surface area contributed by atoms with Crippen molar-refractivity contribution in [1.29, 1.82) is 0 Å². The molecule has 4 aromatic carbocycles. The molecular formula is C42H40S3. The van der Waals surface area contributed by atoms with Gasteiger partial charge in [-0.25, -0.2) is 0 Å². The number of fused-ring (bicyclic) bond motifs is 7. The van der Waals surface area contributed by atoms with Crippen molar-refractivity contribution in [2.75, 3.05) is 0 Å². The van der Waals surface area contributed by atoms with Crippen molar-refractivity contribution in [2.24, 2.45) is 0 Å². The summed E-state index contributed by atoms with van der Waals surface area (Å²) < 4.78 is 0. The highest BCUT2D eigenvalue weighted by Gasteiger charge is 2.20. The molecule has 0 spiro atoms. The Morgan fingerprint density at radius 3 is 1.53 bits per heavy atom. The van der Waals surface area contributed by atoms with E-state index in [1.54, 1.807) is 0 Å². The molecule has 226 valence electrons. The minimum atomic E-state index is 0.0147. The van der Waals surface area contributed by atoms with Crippen LogP contribution in [0.15, 0.2) is 96.4 Å². The van der Waals surface area contributed by atoms with Crippen LogP contribution >= 0.6 is 34.0 Å². The van der Waals surface area contributed by atoms with Gasteiger partial charge in [-0.1, -0.05) is 96.1 Å². The maximum absolute atomic E-state index is 2.49. The number of thiophene rings is 3. The third-order valence-electron chi connectivity index (χ3n) is 9.17. The normalized spacial score (nSPS) is 12.4. The standard InChI is InChI=1S/C42H40S3/c1-25-27-20-28(41(3,4)5)22-32(25)30-12-9-10-13-31(30)33-23-29(42(6,7)8)24-34(26(33)2)35(21-27)36-15-16-39(44-36)40-18-17-38(45-40)37-14-11-19-43-37/h9-24H,1-8H3. The van der Waals surface area contributed by atoms with E-state index in [1.165, 1.54) is 84.5 Å². The van der Waals surface area contributed by atoms with Gasteiger partial charge < -0.3 is 0 Å².